The maximum Gasteiger partial charge on any atom is 0.170 e. The van der Waals surface area contributed by atoms with Gasteiger partial charge in [-0.3, -0.25) is 4.79 Å². The molecule has 2 aliphatic carbocycles. The van der Waals surface area contributed by atoms with Crippen LogP contribution in [0.5, 0.6) is 0 Å². The first-order chi connectivity index (χ1) is 9.10. The molecule has 1 atom stereocenters. The molecular weight excluding hydrogens is 302 g/mol. The Morgan fingerprint density at radius 3 is 3.00 bits per heavy atom. The van der Waals surface area contributed by atoms with E-state index in [1.165, 1.54) is 27.6 Å². The average Bonchev–Trinajstić information content (AvgIpc) is 2.95. The molecule has 2 nitrogen and oxygen atoms in total. The minimum Gasteiger partial charge on any atom is -0.361 e. The van der Waals surface area contributed by atoms with Crippen LogP contribution in [0.2, 0.25) is 0 Å². The SMILES string of the molecule is CC12CCC(=O)C(Br)=C1c1ccc3[nH]ccc3c1C2. The Morgan fingerprint density at radius 2 is 2.16 bits per heavy atom. The van der Waals surface area contributed by atoms with Gasteiger partial charge in [0.1, 0.15) is 0 Å². The molecule has 0 spiro atoms. The molecule has 96 valence electrons. The van der Waals surface area contributed by atoms with Gasteiger partial charge in [-0.25, -0.2) is 0 Å². The number of hydrogen-bond acceptors (Lipinski definition) is 1. The van der Waals surface area contributed by atoms with Gasteiger partial charge in [0.15, 0.2) is 5.78 Å². The molecule has 0 aliphatic heterocycles. The van der Waals surface area contributed by atoms with Gasteiger partial charge in [-0.2, -0.15) is 0 Å². The molecule has 1 heterocycles. The fourth-order valence-corrected chi connectivity index (χ4v) is 4.55. The fraction of sp³-hybridized carbons (Fsp3) is 0.312. The minimum atomic E-state index is 0.112. The first-order valence-electron chi connectivity index (χ1n) is 6.63. The first-order valence-corrected chi connectivity index (χ1v) is 7.42. The standard InChI is InChI=1S/C16H14BrNO/c1-16-6-4-13(19)15(17)14(16)10-2-3-12-9(5-7-18-12)11(10)8-16/h2-3,5,7,18H,4,6,8H2,1H3. The molecule has 0 radical (unpaired) electrons. The number of aromatic nitrogens is 1. The number of halogens is 1. The molecule has 1 aromatic carbocycles. The highest BCUT2D eigenvalue weighted by Crippen LogP contribution is 2.55. The topological polar surface area (TPSA) is 32.9 Å². The number of carbonyl (C=O) groups is 1. The maximum atomic E-state index is 12.0. The molecule has 19 heavy (non-hydrogen) atoms. The van der Waals surface area contributed by atoms with Crippen LogP contribution in [0.4, 0.5) is 0 Å². The van der Waals surface area contributed by atoms with Crippen molar-refractivity contribution in [3.63, 3.8) is 0 Å². The van der Waals surface area contributed by atoms with Crippen molar-refractivity contribution in [2.45, 2.75) is 26.2 Å². The van der Waals surface area contributed by atoms with Gasteiger partial charge in [0.25, 0.3) is 0 Å². The summed E-state index contributed by atoms with van der Waals surface area (Å²) in [4.78, 5) is 15.3. The van der Waals surface area contributed by atoms with Crippen LogP contribution in [0.25, 0.3) is 16.5 Å². The summed E-state index contributed by atoms with van der Waals surface area (Å²) >= 11 is 3.54. The fourth-order valence-electron chi connectivity index (χ4n) is 3.66. The van der Waals surface area contributed by atoms with E-state index in [1.54, 1.807) is 0 Å². The van der Waals surface area contributed by atoms with E-state index in [0.717, 1.165) is 17.3 Å². The molecule has 3 heteroatoms. The second-order valence-electron chi connectivity index (χ2n) is 5.88. The van der Waals surface area contributed by atoms with Gasteiger partial charge in [-0.15, -0.1) is 0 Å². The summed E-state index contributed by atoms with van der Waals surface area (Å²) in [6, 6.07) is 6.42. The zero-order valence-corrected chi connectivity index (χ0v) is 12.3. The molecule has 0 saturated heterocycles. The third-order valence-corrected chi connectivity index (χ3v) is 5.49. The summed E-state index contributed by atoms with van der Waals surface area (Å²) in [6.07, 6.45) is 4.64. The lowest BCUT2D eigenvalue weighted by atomic mass is 9.74. The molecule has 1 unspecified atom stereocenters. The minimum absolute atomic E-state index is 0.112. The van der Waals surface area contributed by atoms with E-state index >= 15 is 0 Å². The van der Waals surface area contributed by atoms with Crippen LogP contribution in [-0.4, -0.2) is 10.8 Å². The predicted octanol–water partition coefficient (Wildman–Crippen LogP) is 4.20. The van der Waals surface area contributed by atoms with Crippen molar-refractivity contribution in [2.75, 3.05) is 0 Å². The van der Waals surface area contributed by atoms with E-state index in [-0.39, 0.29) is 11.2 Å². The summed E-state index contributed by atoms with van der Waals surface area (Å²) in [5.41, 5.74) is 5.17. The Hall–Kier alpha value is -1.35. The molecule has 2 aromatic rings. The molecule has 4 rings (SSSR count). The molecule has 2 aliphatic rings. The van der Waals surface area contributed by atoms with Crippen LogP contribution in [0, 0.1) is 5.41 Å². The lowest BCUT2D eigenvalue weighted by Gasteiger charge is -2.30. The number of nitrogens with one attached hydrogen (secondary N) is 1. The quantitative estimate of drug-likeness (QED) is 0.776. The van der Waals surface area contributed by atoms with Gasteiger partial charge in [0.2, 0.25) is 0 Å². The summed E-state index contributed by atoms with van der Waals surface area (Å²) < 4.78 is 0.801. The van der Waals surface area contributed by atoms with Crippen molar-refractivity contribution in [3.8, 4) is 0 Å². The molecule has 1 aromatic heterocycles. The highest BCUT2D eigenvalue weighted by atomic mass is 79.9. The summed E-state index contributed by atoms with van der Waals surface area (Å²) in [5, 5.41) is 1.30. The smallest absolute Gasteiger partial charge is 0.170 e. The molecule has 1 N–H and O–H groups in total. The molecule has 0 bridgehead atoms. The largest absolute Gasteiger partial charge is 0.361 e. The average molecular weight is 316 g/mol. The number of benzene rings is 1. The number of Topliss-reactive ketones (excluding diaryl/α,β-unsaturated/α-hetero) is 1. The monoisotopic (exact) mass is 315 g/mol. The zero-order chi connectivity index (χ0) is 13.2. The van der Waals surface area contributed by atoms with Crippen LogP contribution in [0.3, 0.4) is 0 Å². The van der Waals surface area contributed by atoms with Crippen LogP contribution < -0.4 is 0 Å². The van der Waals surface area contributed by atoms with Crippen LogP contribution >= 0.6 is 15.9 Å². The Balaban J connectivity index is 2.08. The Kier molecular flexibility index (Phi) is 2.17. The van der Waals surface area contributed by atoms with Gasteiger partial charge >= 0.3 is 0 Å². The number of rotatable bonds is 0. The second-order valence-corrected chi connectivity index (χ2v) is 6.67. The Labute approximate surface area is 120 Å². The van der Waals surface area contributed by atoms with Crippen LogP contribution in [0.1, 0.15) is 30.9 Å². The lowest BCUT2D eigenvalue weighted by Crippen LogP contribution is -2.23. The van der Waals surface area contributed by atoms with Crippen LogP contribution in [-0.2, 0) is 11.2 Å². The van der Waals surface area contributed by atoms with Crippen molar-refractivity contribution >= 4 is 38.2 Å². The molecular formula is C16H14BrNO. The van der Waals surface area contributed by atoms with Gasteiger partial charge < -0.3 is 4.98 Å². The van der Waals surface area contributed by atoms with Crippen molar-refractivity contribution in [2.24, 2.45) is 5.41 Å². The van der Waals surface area contributed by atoms with E-state index in [2.05, 4.69) is 46.0 Å². The summed E-state index contributed by atoms with van der Waals surface area (Å²) in [7, 11) is 0. The summed E-state index contributed by atoms with van der Waals surface area (Å²) in [5.74, 6) is 0.245. The number of fused-ring (bicyclic) bond motifs is 5. The van der Waals surface area contributed by atoms with Gasteiger partial charge in [0.05, 0.1) is 4.48 Å². The van der Waals surface area contributed by atoms with E-state index < -0.39 is 0 Å². The highest BCUT2D eigenvalue weighted by molar-refractivity contribution is 9.12. The predicted molar refractivity (Wildman–Crippen MR) is 80.2 cm³/mol. The van der Waals surface area contributed by atoms with Crippen LogP contribution in [0.15, 0.2) is 28.9 Å². The number of H-pyrrole nitrogens is 1. The second kappa shape index (κ2) is 3.60. The van der Waals surface area contributed by atoms with E-state index in [4.69, 9.17) is 0 Å². The van der Waals surface area contributed by atoms with E-state index in [0.29, 0.717) is 6.42 Å². The normalized spacial score (nSPS) is 25.9. The Bertz CT molecular complexity index is 755. The van der Waals surface area contributed by atoms with Crippen molar-refractivity contribution in [1.29, 1.82) is 0 Å². The van der Waals surface area contributed by atoms with Crippen molar-refractivity contribution in [3.05, 3.63) is 40.0 Å². The Morgan fingerprint density at radius 1 is 1.32 bits per heavy atom. The van der Waals surface area contributed by atoms with Crippen molar-refractivity contribution < 1.29 is 4.79 Å². The molecule has 0 fully saturated rings. The highest BCUT2D eigenvalue weighted by Gasteiger charge is 2.43. The number of ketones is 1. The van der Waals surface area contributed by atoms with Gasteiger partial charge in [0, 0.05) is 23.5 Å². The van der Waals surface area contributed by atoms with Gasteiger partial charge in [-0.05, 0) is 63.0 Å². The molecule has 0 amide bonds. The lowest BCUT2D eigenvalue weighted by molar-refractivity contribution is -0.115. The third-order valence-electron chi connectivity index (χ3n) is 4.65. The third kappa shape index (κ3) is 1.39. The van der Waals surface area contributed by atoms with E-state index in [1.807, 2.05) is 6.20 Å². The maximum absolute atomic E-state index is 12.0. The van der Waals surface area contributed by atoms with E-state index in [9.17, 15) is 4.79 Å². The number of aromatic amines is 1. The zero-order valence-electron chi connectivity index (χ0n) is 10.7. The van der Waals surface area contributed by atoms with Gasteiger partial charge in [-0.1, -0.05) is 13.0 Å². The first kappa shape index (κ1) is 11.5. The number of carbonyl (C=O) groups excluding carboxylic acids is 1. The number of hydrogen-bond donors (Lipinski definition) is 1. The van der Waals surface area contributed by atoms with Crippen molar-refractivity contribution in [1.82, 2.24) is 4.98 Å². The molecule has 0 saturated carbocycles. The summed E-state index contributed by atoms with van der Waals surface area (Å²) in [6.45, 7) is 2.29. The number of allylic oxidation sites excluding steroid dienone is 2.